The highest BCUT2D eigenvalue weighted by atomic mass is 35.5. The molecule has 0 fully saturated rings. The Morgan fingerprint density at radius 3 is 1.34 bits per heavy atom. The molecule has 302 valence electrons. The highest BCUT2D eigenvalue weighted by molar-refractivity contribution is 6.31. The molecule has 0 heterocycles. The Labute approximate surface area is 348 Å². The monoisotopic (exact) mass is 824 g/mol. The van der Waals surface area contributed by atoms with E-state index in [0.717, 1.165) is 22.3 Å². The van der Waals surface area contributed by atoms with Crippen LogP contribution in [0.2, 0.25) is 10.0 Å². The normalized spacial score (nSPS) is 11.1. The molecule has 0 bridgehead atoms. The van der Waals surface area contributed by atoms with Crippen molar-refractivity contribution >= 4 is 56.6 Å². The van der Waals surface area contributed by atoms with Crippen molar-refractivity contribution < 1.29 is 38.0 Å². The van der Waals surface area contributed by atoms with Gasteiger partial charge in [0.25, 0.3) is 11.8 Å². The molecule has 6 aromatic rings. The standard InChI is InChI=1S/C46H46Cl2N2O8/c1-25-19-31-33(23-35(53-3)43(57-7)39(31)45(49)51)41(55-5)37(25)38-26(2)20-32-34(42(38)56-6)24-36(54-4)44(58-8)40(32)46(52)50(17-15-27-11-9-13-29(47)21-27)18-16-28-12-10-14-30(48)22-28/h9-14,19-24H,15-18H2,1-8H3,(H2,49,51). The van der Waals surface area contributed by atoms with Gasteiger partial charge in [-0.15, -0.1) is 0 Å². The highest BCUT2D eigenvalue weighted by Gasteiger charge is 2.31. The second-order valence-electron chi connectivity index (χ2n) is 13.8. The van der Waals surface area contributed by atoms with E-state index in [2.05, 4.69) is 0 Å². The molecule has 0 aliphatic heterocycles. The molecule has 6 aromatic carbocycles. The number of nitrogens with zero attached hydrogens (tertiary/aromatic N) is 1. The summed E-state index contributed by atoms with van der Waals surface area (Å²) in [6.45, 7) is 4.66. The quantitative estimate of drug-likeness (QED) is 0.109. The molecule has 0 unspecified atom stereocenters. The number of hydrogen-bond donors (Lipinski definition) is 1. The lowest BCUT2D eigenvalue weighted by atomic mass is 9.87. The highest BCUT2D eigenvalue weighted by Crippen LogP contribution is 2.52. The number of halogens is 2. The van der Waals surface area contributed by atoms with Gasteiger partial charge in [0.15, 0.2) is 23.0 Å². The lowest BCUT2D eigenvalue weighted by Crippen LogP contribution is -2.35. The number of benzene rings is 6. The van der Waals surface area contributed by atoms with Crippen LogP contribution in [0.1, 0.15) is 43.0 Å². The number of primary amides is 1. The van der Waals surface area contributed by atoms with Gasteiger partial charge in [0.05, 0.1) is 53.8 Å². The van der Waals surface area contributed by atoms with E-state index in [9.17, 15) is 4.79 Å². The van der Waals surface area contributed by atoms with Gasteiger partial charge in [0.1, 0.15) is 11.5 Å². The molecule has 0 aromatic heterocycles. The van der Waals surface area contributed by atoms with Crippen molar-refractivity contribution in [3.8, 4) is 45.6 Å². The van der Waals surface area contributed by atoms with Crippen LogP contribution in [-0.4, -0.2) is 72.5 Å². The maximum atomic E-state index is 15.2. The summed E-state index contributed by atoms with van der Waals surface area (Å²) in [6.07, 6.45) is 1.13. The zero-order valence-electron chi connectivity index (χ0n) is 33.8. The minimum atomic E-state index is -0.679. The van der Waals surface area contributed by atoms with Gasteiger partial charge in [-0.05, 0) is 97.5 Å². The number of aryl methyl sites for hydroxylation is 2. The molecule has 0 aliphatic rings. The van der Waals surface area contributed by atoms with Crippen LogP contribution in [-0.2, 0) is 12.8 Å². The summed E-state index contributed by atoms with van der Waals surface area (Å²) in [6, 6.07) is 22.7. The van der Waals surface area contributed by atoms with Gasteiger partial charge in [-0.25, -0.2) is 0 Å². The van der Waals surface area contributed by atoms with Gasteiger partial charge in [-0.2, -0.15) is 0 Å². The van der Waals surface area contributed by atoms with Crippen molar-refractivity contribution in [3.63, 3.8) is 0 Å². The molecule has 12 heteroatoms. The first kappa shape index (κ1) is 41.8. The van der Waals surface area contributed by atoms with E-state index < -0.39 is 5.91 Å². The maximum absolute atomic E-state index is 15.2. The number of nitrogens with two attached hydrogens (primary N) is 1. The average molecular weight is 826 g/mol. The number of carbonyl (C=O) groups is 2. The number of carbonyl (C=O) groups excluding carboxylic acids is 2. The molecule has 0 radical (unpaired) electrons. The van der Waals surface area contributed by atoms with Crippen LogP contribution in [0.25, 0.3) is 32.7 Å². The predicted molar refractivity (Wildman–Crippen MR) is 230 cm³/mol. The summed E-state index contributed by atoms with van der Waals surface area (Å²) in [5.41, 5.74) is 11.4. The molecular weight excluding hydrogens is 779 g/mol. The largest absolute Gasteiger partial charge is 0.495 e. The first-order chi connectivity index (χ1) is 27.9. The van der Waals surface area contributed by atoms with Gasteiger partial charge >= 0.3 is 0 Å². The number of amides is 2. The Balaban J connectivity index is 1.59. The second kappa shape index (κ2) is 17.7. The zero-order valence-corrected chi connectivity index (χ0v) is 35.3. The Morgan fingerprint density at radius 2 is 0.966 bits per heavy atom. The van der Waals surface area contributed by atoms with Crippen LogP contribution in [0, 0.1) is 13.8 Å². The molecule has 0 saturated heterocycles. The van der Waals surface area contributed by atoms with E-state index in [1.807, 2.05) is 85.5 Å². The second-order valence-corrected chi connectivity index (χ2v) is 14.7. The van der Waals surface area contributed by atoms with Gasteiger partial charge in [-0.1, -0.05) is 47.5 Å². The van der Waals surface area contributed by atoms with Crippen molar-refractivity contribution in [2.75, 3.05) is 55.7 Å². The van der Waals surface area contributed by atoms with Gasteiger partial charge < -0.3 is 39.1 Å². The topological polar surface area (TPSA) is 119 Å². The number of hydrogen-bond acceptors (Lipinski definition) is 8. The fourth-order valence-electron chi connectivity index (χ4n) is 7.79. The van der Waals surface area contributed by atoms with Crippen molar-refractivity contribution in [1.82, 2.24) is 4.90 Å². The summed E-state index contributed by atoms with van der Waals surface area (Å²) in [5, 5.41) is 3.58. The van der Waals surface area contributed by atoms with Gasteiger partial charge in [0.2, 0.25) is 0 Å². The molecule has 2 N–H and O–H groups in total. The Kier molecular flexibility index (Phi) is 12.8. The summed E-state index contributed by atoms with van der Waals surface area (Å²) in [4.78, 5) is 29.9. The predicted octanol–water partition coefficient (Wildman–Crippen LogP) is 9.66. The molecule has 6 rings (SSSR count). The zero-order chi connectivity index (χ0) is 41.8. The van der Waals surface area contributed by atoms with Crippen LogP contribution in [0.4, 0.5) is 0 Å². The van der Waals surface area contributed by atoms with E-state index in [-0.39, 0.29) is 17.2 Å². The third-order valence-corrected chi connectivity index (χ3v) is 10.9. The molecule has 2 amide bonds. The Bertz CT molecular complexity index is 2510. The van der Waals surface area contributed by atoms with E-state index in [4.69, 9.17) is 57.4 Å². The summed E-state index contributed by atoms with van der Waals surface area (Å²) < 4.78 is 35.6. The van der Waals surface area contributed by atoms with Crippen LogP contribution in [0.5, 0.6) is 34.5 Å². The van der Waals surface area contributed by atoms with Crippen LogP contribution in [0.3, 0.4) is 0 Å². The van der Waals surface area contributed by atoms with Crippen LogP contribution in [0.15, 0.2) is 72.8 Å². The van der Waals surface area contributed by atoms with Crippen molar-refractivity contribution in [1.29, 1.82) is 0 Å². The fourth-order valence-corrected chi connectivity index (χ4v) is 8.21. The fraction of sp³-hybridized carbons (Fsp3) is 0.261. The van der Waals surface area contributed by atoms with Crippen molar-refractivity contribution in [3.05, 3.63) is 116 Å². The smallest absolute Gasteiger partial charge is 0.258 e. The van der Waals surface area contributed by atoms with Crippen LogP contribution >= 0.6 is 23.2 Å². The maximum Gasteiger partial charge on any atom is 0.258 e. The number of fused-ring (bicyclic) bond motifs is 2. The van der Waals surface area contributed by atoms with Crippen molar-refractivity contribution in [2.45, 2.75) is 26.7 Å². The number of methoxy groups -OCH3 is 6. The minimum absolute atomic E-state index is 0.169. The number of rotatable bonds is 15. The lowest BCUT2D eigenvalue weighted by Gasteiger charge is -2.27. The summed E-state index contributed by atoms with van der Waals surface area (Å²) >= 11 is 12.7. The van der Waals surface area contributed by atoms with E-state index in [0.29, 0.717) is 103 Å². The Hall–Kier alpha value is -5.84. The minimum Gasteiger partial charge on any atom is -0.495 e. The van der Waals surface area contributed by atoms with E-state index in [1.54, 1.807) is 20.3 Å². The molecule has 0 spiro atoms. The number of ether oxygens (including phenoxy) is 6. The first-order valence-electron chi connectivity index (χ1n) is 18.5. The Morgan fingerprint density at radius 1 is 0.552 bits per heavy atom. The van der Waals surface area contributed by atoms with E-state index in [1.165, 1.54) is 28.4 Å². The third kappa shape index (κ3) is 7.86. The van der Waals surface area contributed by atoms with Crippen LogP contribution < -0.4 is 34.2 Å². The summed E-state index contributed by atoms with van der Waals surface area (Å²) in [5.74, 6) is 1.19. The molecule has 0 saturated carbocycles. The molecular formula is C46H46Cl2N2O8. The SMILES string of the molecule is COc1cc2c(OC)c(-c3c(C)cc4c(C(=O)N(CCc5cccc(Cl)c5)CCc5cccc(Cl)c5)c(OC)c(OC)cc4c3OC)c(C)cc2c(C(N)=O)c1OC. The molecule has 10 nitrogen and oxygen atoms in total. The molecule has 0 atom stereocenters. The third-order valence-electron chi connectivity index (χ3n) is 10.4. The van der Waals surface area contributed by atoms with E-state index >= 15 is 4.79 Å². The summed E-state index contributed by atoms with van der Waals surface area (Å²) in [7, 11) is 9.15. The van der Waals surface area contributed by atoms with Gasteiger partial charge in [0, 0.05) is 55.8 Å². The lowest BCUT2D eigenvalue weighted by molar-refractivity contribution is 0.0757. The molecule has 58 heavy (non-hydrogen) atoms. The molecule has 0 aliphatic carbocycles. The average Bonchev–Trinajstić information content (AvgIpc) is 3.21. The van der Waals surface area contributed by atoms with Gasteiger partial charge in [-0.3, -0.25) is 9.59 Å². The van der Waals surface area contributed by atoms with Crippen molar-refractivity contribution in [2.24, 2.45) is 5.73 Å². The first-order valence-corrected chi connectivity index (χ1v) is 19.3.